The Balaban J connectivity index is 1.62. The summed E-state index contributed by atoms with van der Waals surface area (Å²) in [6.45, 7) is 1.48. The minimum atomic E-state index is -0.231. The van der Waals surface area contributed by atoms with Crippen LogP contribution in [0.2, 0.25) is 0 Å². The Hall–Kier alpha value is -3.52. The van der Waals surface area contributed by atoms with Crippen LogP contribution in [-0.2, 0) is 11.3 Å². The predicted octanol–water partition coefficient (Wildman–Crippen LogP) is 4.19. The highest BCUT2D eigenvalue weighted by Crippen LogP contribution is 2.38. The second kappa shape index (κ2) is 10.4. The summed E-state index contributed by atoms with van der Waals surface area (Å²) in [5.74, 6) is 1.88. The first kappa shape index (κ1) is 22.7. The molecule has 0 unspecified atom stereocenters. The number of nitrogens with zero attached hydrogens (tertiary/aromatic N) is 2. The lowest BCUT2D eigenvalue weighted by molar-refractivity contribution is 0.0499. The van der Waals surface area contributed by atoms with E-state index in [1.165, 1.54) is 0 Å². The fourth-order valence-electron chi connectivity index (χ4n) is 3.98. The third-order valence-corrected chi connectivity index (χ3v) is 5.62. The number of amides is 1. The van der Waals surface area contributed by atoms with E-state index in [4.69, 9.17) is 23.5 Å². The number of aromatic nitrogens is 1. The van der Waals surface area contributed by atoms with Crippen LogP contribution >= 0.6 is 0 Å². The van der Waals surface area contributed by atoms with E-state index in [9.17, 15) is 4.79 Å². The molecule has 33 heavy (non-hydrogen) atoms. The van der Waals surface area contributed by atoms with Gasteiger partial charge >= 0.3 is 0 Å². The lowest BCUT2D eigenvalue weighted by Gasteiger charge is -2.25. The van der Waals surface area contributed by atoms with Gasteiger partial charge in [-0.15, -0.1) is 0 Å². The average molecular weight is 453 g/mol. The minimum absolute atomic E-state index is 0.0171. The molecule has 2 heterocycles. The molecule has 0 bridgehead atoms. The summed E-state index contributed by atoms with van der Waals surface area (Å²) in [6.07, 6.45) is 1.88. The van der Waals surface area contributed by atoms with Crippen molar-refractivity contribution in [2.75, 3.05) is 34.5 Å². The van der Waals surface area contributed by atoms with Gasteiger partial charge in [-0.3, -0.25) is 4.79 Å². The lowest BCUT2D eigenvalue weighted by Crippen LogP contribution is -2.37. The SMILES string of the molecule is COc1cc(CN(C[C@H]2CCCO2)C(=O)c2cc(-c3ccccc3)on2)cc(OC)c1OC. The average Bonchev–Trinajstić information content (AvgIpc) is 3.55. The van der Waals surface area contributed by atoms with E-state index >= 15 is 0 Å². The Bertz CT molecular complexity index is 1050. The van der Waals surface area contributed by atoms with E-state index in [1.807, 2.05) is 42.5 Å². The van der Waals surface area contributed by atoms with E-state index in [2.05, 4.69) is 5.16 Å². The van der Waals surface area contributed by atoms with Gasteiger partial charge in [0.15, 0.2) is 23.0 Å². The number of hydrogen-bond donors (Lipinski definition) is 0. The van der Waals surface area contributed by atoms with Crippen molar-refractivity contribution >= 4 is 5.91 Å². The van der Waals surface area contributed by atoms with Crippen LogP contribution in [0.5, 0.6) is 17.2 Å². The molecular formula is C25H28N2O6. The van der Waals surface area contributed by atoms with Crippen molar-refractivity contribution in [3.63, 3.8) is 0 Å². The predicted molar refractivity (Wildman–Crippen MR) is 122 cm³/mol. The first-order valence-corrected chi connectivity index (χ1v) is 10.8. The number of rotatable bonds is 9. The van der Waals surface area contributed by atoms with E-state index in [0.29, 0.717) is 42.7 Å². The van der Waals surface area contributed by atoms with Gasteiger partial charge in [-0.05, 0) is 30.5 Å². The second-order valence-corrected chi connectivity index (χ2v) is 7.80. The zero-order chi connectivity index (χ0) is 23.2. The van der Waals surface area contributed by atoms with Crippen molar-refractivity contribution < 1.29 is 28.3 Å². The van der Waals surface area contributed by atoms with Crippen LogP contribution in [0.3, 0.4) is 0 Å². The Morgan fingerprint density at radius 3 is 2.39 bits per heavy atom. The van der Waals surface area contributed by atoms with Crippen LogP contribution < -0.4 is 14.2 Å². The Morgan fingerprint density at radius 1 is 1.06 bits per heavy atom. The van der Waals surface area contributed by atoms with Gasteiger partial charge < -0.3 is 28.4 Å². The molecule has 8 heteroatoms. The summed E-state index contributed by atoms with van der Waals surface area (Å²) in [5.41, 5.74) is 1.95. The molecule has 0 aliphatic carbocycles. The molecule has 1 fully saturated rings. The quantitative estimate of drug-likeness (QED) is 0.481. The molecular weight excluding hydrogens is 424 g/mol. The van der Waals surface area contributed by atoms with Crippen molar-refractivity contribution in [2.24, 2.45) is 0 Å². The first-order valence-electron chi connectivity index (χ1n) is 10.8. The highest BCUT2D eigenvalue weighted by atomic mass is 16.5. The van der Waals surface area contributed by atoms with Crippen molar-refractivity contribution in [2.45, 2.75) is 25.5 Å². The number of carbonyl (C=O) groups excluding carboxylic acids is 1. The Labute approximate surface area is 193 Å². The van der Waals surface area contributed by atoms with E-state index in [-0.39, 0.29) is 17.7 Å². The molecule has 1 atom stereocenters. The molecule has 0 saturated carbocycles. The van der Waals surface area contributed by atoms with Gasteiger partial charge in [0.05, 0.1) is 27.4 Å². The topological polar surface area (TPSA) is 83.3 Å². The highest BCUT2D eigenvalue weighted by molar-refractivity contribution is 5.93. The van der Waals surface area contributed by atoms with Gasteiger partial charge in [-0.2, -0.15) is 0 Å². The lowest BCUT2D eigenvalue weighted by atomic mass is 10.1. The molecule has 1 amide bonds. The molecule has 4 rings (SSSR count). The molecule has 2 aromatic carbocycles. The molecule has 3 aromatic rings. The van der Waals surface area contributed by atoms with Gasteiger partial charge in [-0.1, -0.05) is 35.5 Å². The number of methoxy groups -OCH3 is 3. The molecule has 174 valence electrons. The van der Waals surface area contributed by atoms with E-state index in [1.54, 1.807) is 32.3 Å². The fraction of sp³-hybridized carbons (Fsp3) is 0.360. The normalized spacial score (nSPS) is 15.3. The summed E-state index contributed by atoms with van der Waals surface area (Å²) < 4.78 is 27.6. The molecule has 0 spiro atoms. The van der Waals surface area contributed by atoms with Gasteiger partial charge in [0.1, 0.15) is 0 Å². The Morgan fingerprint density at radius 2 is 1.79 bits per heavy atom. The zero-order valence-electron chi connectivity index (χ0n) is 19.1. The minimum Gasteiger partial charge on any atom is -0.493 e. The van der Waals surface area contributed by atoms with Crippen LogP contribution in [0.25, 0.3) is 11.3 Å². The maximum atomic E-state index is 13.5. The third-order valence-electron chi connectivity index (χ3n) is 5.62. The van der Waals surface area contributed by atoms with Crippen LogP contribution in [-0.4, -0.2) is 56.5 Å². The van der Waals surface area contributed by atoms with Gasteiger partial charge in [0.2, 0.25) is 5.75 Å². The van der Waals surface area contributed by atoms with Gasteiger partial charge in [0.25, 0.3) is 5.91 Å². The molecule has 1 aliphatic heterocycles. The van der Waals surface area contributed by atoms with Crippen molar-refractivity contribution in [3.8, 4) is 28.6 Å². The van der Waals surface area contributed by atoms with Crippen LogP contribution in [0.15, 0.2) is 53.1 Å². The molecule has 1 saturated heterocycles. The molecule has 1 aliphatic rings. The largest absolute Gasteiger partial charge is 0.493 e. The van der Waals surface area contributed by atoms with Gasteiger partial charge in [0, 0.05) is 31.3 Å². The van der Waals surface area contributed by atoms with Crippen molar-refractivity contribution in [1.82, 2.24) is 10.1 Å². The zero-order valence-corrected chi connectivity index (χ0v) is 19.1. The fourth-order valence-corrected chi connectivity index (χ4v) is 3.98. The maximum Gasteiger partial charge on any atom is 0.276 e. The first-order chi connectivity index (χ1) is 16.1. The number of hydrogen-bond acceptors (Lipinski definition) is 7. The molecule has 8 nitrogen and oxygen atoms in total. The number of benzene rings is 2. The van der Waals surface area contributed by atoms with Crippen LogP contribution in [0.4, 0.5) is 0 Å². The number of carbonyl (C=O) groups is 1. The van der Waals surface area contributed by atoms with Crippen LogP contribution in [0.1, 0.15) is 28.9 Å². The van der Waals surface area contributed by atoms with Gasteiger partial charge in [-0.25, -0.2) is 0 Å². The van der Waals surface area contributed by atoms with Crippen molar-refractivity contribution in [3.05, 3.63) is 59.8 Å². The molecule has 0 radical (unpaired) electrons. The second-order valence-electron chi connectivity index (χ2n) is 7.80. The summed E-state index contributed by atoms with van der Waals surface area (Å²) in [5, 5.41) is 4.05. The monoisotopic (exact) mass is 452 g/mol. The maximum absolute atomic E-state index is 13.5. The van der Waals surface area contributed by atoms with Crippen molar-refractivity contribution in [1.29, 1.82) is 0 Å². The highest BCUT2D eigenvalue weighted by Gasteiger charge is 2.27. The summed E-state index contributed by atoms with van der Waals surface area (Å²) in [6, 6.07) is 14.9. The van der Waals surface area contributed by atoms with E-state index in [0.717, 1.165) is 24.0 Å². The standard InChI is InChI=1S/C25H28N2O6/c1-29-22-12-17(13-23(30-2)24(22)31-3)15-27(16-19-10-7-11-32-19)25(28)20-14-21(33-26-20)18-8-5-4-6-9-18/h4-6,8-9,12-14,19H,7,10-11,15-16H2,1-3H3/t19-/m1/s1. The molecule has 0 N–H and O–H groups in total. The molecule has 1 aromatic heterocycles. The summed E-state index contributed by atoms with van der Waals surface area (Å²) in [7, 11) is 4.69. The summed E-state index contributed by atoms with van der Waals surface area (Å²) >= 11 is 0. The van der Waals surface area contributed by atoms with Crippen LogP contribution in [0, 0.1) is 0 Å². The number of ether oxygens (including phenoxy) is 4. The summed E-state index contributed by atoms with van der Waals surface area (Å²) in [4.78, 5) is 15.2. The third kappa shape index (κ3) is 5.12. The smallest absolute Gasteiger partial charge is 0.276 e. The Kier molecular flexibility index (Phi) is 7.14. The van der Waals surface area contributed by atoms with E-state index < -0.39 is 0 Å².